The largest absolute Gasteiger partial charge is 0.465 e. The van der Waals surface area contributed by atoms with E-state index in [1.165, 1.54) is 5.56 Å². The van der Waals surface area contributed by atoms with Crippen LogP contribution in [0.15, 0.2) is 46.9 Å². The van der Waals surface area contributed by atoms with E-state index in [0.29, 0.717) is 6.54 Å². The third-order valence-corrected chi connectivity index (χ3v) is 3.18. The second kappa shape index (κ2) is 7.12. The first-order valence-electron chi connectivity index (χ1n) is 6.77. The summed E-state index contributed by atoms with van der Waals surface area (Å²) in [5.74, 6) is 1.92. The average Bonchev–Trinajstić information content (AvgIpc) is 2.92. The molecule has 19 heavy (non-hydrogen) atoms. The highest BCUT2D eigenvalue weighted by atomic mass is 16.3. The van der Waals surface area contributed by atoms with Crippen molar-refractivity contribution in [3.63, 3.8) is 0 Å². The van der Waals surface area contributed by atoms with Crippen molar-refractivity contribution in [2.75, 3.05) is 6.61 Å². The van der Waals surface area contributed by atoms with Crippen LogP contribution in [-0.2, 0) is 19.4 Å². The lowest BCUT2D eigenvalue weighted by Gasteiger charge is -2.15. The summed E-state index contributed by atoms with van der Waals surface area (Å²) in [6, 6.07) is 14.2. The Morgan fingerprint density at radius 2 is 1.84 bits per heavy atom. The Labute approximate surface area is 114 Å². The van der Waals surface area contributed by atoms with Crippen LogP contribution in [0.1, 0.15) is 24.0 Å². The molecule has 0 radical (unpaired) electrons. The lowest BCUT2D eigenvalue weighted by Crippen LogP contribution is -2.33. The SMILES string of the molecule is CCc1ccc(CN[C@@H](CO)Cc2ccccc2)o1. The number of hydrogen-bond donors (Lipinski definition) is 2. The molecule has 1 aromatic carbocycles. The summed E-state index contributed by atoms with van der Waals surface area (Å²) >= 11 is 0. The van der Waals surface area contributed by atoms with E-state index >= 15 is 0 Å². The first-order chi connectivity index (χ1) is 9.31. The van der Waals surface area contributed by atoms with Crippen LogP contribution in [0, 0.1) is 0 Å². The summed E-state index contributed by atoms with van der Waals surface area (Å²) in [6.45, 7) is 2.84. The molecule has 0 spiro atoms. The molecule has 0 saturated heterocycles. The van der Waals surface area contributed by atoms with Crippen LogP contribution in [0.5, 0.6) is 0 Å². The molecule has 1 heterocycles. The fourth-order valence-corrected chi connectivity index (χ4v) is 2.05. The lowest BCUT2D eigenvalue weighted by atomic mass is 10.1. The van der Waals surface area contributed by atoms with Gasteiger partial charge < -0.3 is 14.8 Å². The minimum Gasteiger partial charge on any atom is -0.465 e. The van der Waals surface area contributed by atoms with Crippen LogP contribution < -0.4 is 5.32 Å². The number of nitrogens with one attached hydrogen (secondary N) is 1. The van der Waals surface area contributed by atoms with Crippen molar-refractivity contribution in [3.8, 4) is 0 Å². The van der Waals surface area contributed by atoms with Crippen molar-refractivity contribution < 1.29 is 9.52 Å². The molecule has 0 fully saturated rings. The lowest BCUT2D eigenvalue weighted by molar-refractivity contribution is 0.237. The molecule has 102 valence electrons. The Kier molecular flexibility index (Phi) is 5.19. The standard InChI is InChI=1S/C16H21NO2/c1-2-15-8-9-16(19-15)11-17-14(12-18)10-13-6-4-3-5-7-13/h3-9,14,17-18H,2,10-12H2,1H3/t14-/m1/s1. The molecule has 1 aromatic heterocycles. The molecule has 1 atom stereocenters. The predicted molar refractivity (Wildman–Crippen MR) is 75.9 cm³/mol. The van der Waals surface area contributed by atoms with E-state index in [1.54, 1.807) is 0 Å². The second-order valence-corrected chi connectivity index (χ2v) is 4.67. The first kappa shape index (κ1) is 13.8. The predicted octanol–water partition coefficient (Wildman–Crippen LogP) is 2.54. The molecule has 2 N–H and O–H groups in total. The van der Waals surface area contributed by atoms with Crippen molar-refractivity contribution in [2.24, 2.45) is 0 Å². The molecule has 0 bridgehead atoms. The van der Waals surface area contributed by atoms with Crippen molar-refractivity contribution >= 4 is 0 Å². The molecule has 3 heteroatoms. The molecule has 3 nitrogen and oxygen atoms in total. The summed E-state index contributed by atoms with van der Waals surface area (Å²) in [6.07, 6.45) is 1.73. The minimum atomic E-state index is 0.0533. The molecule has 0 amide bonds. The number of rotatable bonds is 7. The van der Waals surface area contributed by atoms with Gasteiger partial charge in [-0.1, -0.05) is 37.3 Å². The normalized spacial score (nSPS) is 12.5. The van der Waals surface area contributed by atoms with Crippen molar-refractivity contribution in [2.45, 2.75) is 32.4 Å². The van der Waals surface area contributed by atoms with Gasteiger partial charge in [0.25, 0.3) is 0 Å². The molecule has 0 unspecified atom stereocenters. The quantitative estimate of drug-likeness (QED) is 0.803. The third-order valence-electron chi connectivity index (χ3n) is 3.18. The van der Waals surface area contributed by atoms with Crippen LogP contribution in [0.3, 0.4) is 0 Å². The van der Waals surface area contributed by atoms with Gasteiger partial charge in [0.15, 0.2) is 0 Å². The fourth-order valence-electron chi connectivity index (χ4n) is 2.05. The summed E-state index contributed by atoms with van der Waals surface area (Å²) in [7, 11) is 0. The highest BCUT2D eigenvalue weighted by Gasteiger charge is 2.09. The van der Waals surface area contributed by atoms with Crippen LogP contribution in [0.4, 0.5) is 0 Å². The van der Waals surface area contributed by atoms with Gasteiger partial charge in [0.1, 0.15) is 11.5 Å². The maximum Gasteiger partial charge on any atom is 0.117 e. The van der Waals surface area contributed by atoms with E-state index in [2.05, 4.69) is 24.4 Å². The van der Waals surface area contributed by atoms with E-state index in [4.69, 9.17) is 4.42 Å². The summed E-state index contributed by atoms with van der Waals surface area (Å²) in [5, 5.41) is 12.8. The Hall–Kier alpha value is -1.58. The number of hydrogen-bond acceptors (Lipinski definition) is 3. The number of aryl methyl sites for hydroxylation is 1. The number of furan rings is 1. The number of aliphatic hydroxyl groups excluding tert-OH is 1. The Morgan fingerprint density at radius 1 is 1.11 bits per heavy atom. The van der Waals surface area contributed by atoms with E-state index in [1.807, 2.05) is 30.3 Å². The molecule has 0 aliphatic heterocycles. The van der Waals surface area contributed by atoms with Gasteiger partial charge in [-0.3, -0.25) is 0 Å². The fraction of sp³-hybridized carbons (Fsp3) is 0.375. The second-order valence-electron chi connectivity index (χ2n) is 4.67. The van der Waals surface area contributed by atoms with Gasteiger partial charge in [0, 0.05) is 12.5 Å². The van der Waals surface area contributed by atoms with Crippen LogP contribution in [0.25, 0.3) is 0 Å². The zero-order chi connectivity index (χ0) is 13.5. The molecule has 2 aromatic rings. The number of benzene rings is 1. The van der Waals surface area contributed by atoms with Gasteiger partial charge in [-0.15, -0.1) is 0 Å². The van der Waals surface area contributed by atoms with E-state index in [-0.39, 0.29) is 12.6 Å². The van der Waals surface area contributed by atoms with Gasteiger partial charge in [0.05, 0.1) is 13.2 Å². The smallest absolute Gasteiger partial charge is 0.117 e. The minimum absolute atomic E-state index is 0.0533. The van der Waals surface area contributed by atoms with Gasteiger partial charge in [-0.2, -0.15) is 0 Å². The molecule has 0 saturated carbocycles. The molecule has 2 rings (SSSR count). The Morgan fingerprint density at radius 3 is 2.47 bits per heavy atom. The highest BCUT2D eigenvalue weighted by Crippen LogP contribution is 2.09. The van der Waals surface area contributed by atoms with Gasteiger partial charge >= 0.3 is 0 Å². The van der Waals surface area contributed by atoms with Gasteiger partial charge in [-0.05, 0) is 24.1 Å². The van der Waals surface area contributed by atoms with Crippen LogP contribution in [0.2, 0.25) is 0 Å². The first-order valence-corrected chi connectivity index (χ1v) is 6.77. The third kappa shape index (κ3) is 4.23. The maximum atomic E-state index is 9.42. The van der Waals surface area contributed by atoms with Crippen molar-refractivity contribution in [1.29, 1.82) is 0 Å². The van der Waals surface area contributed by atoms with Gasteiger partial charge in [-0.25, -0.2) is 0 Å². The monoisotopic (exact) mass is 259 g/mol. The van der Waals surface area contributed by atoms with E-state index < -0.39 is 0 Å². The average molecular weight is 259 g/mol. The van der Waals surface area contributed by atoms with Crippen LogP contribution >= 0.6 is 0 Å². The summed E-state index contributed by atoms with van der Waals surface area (Å²) in [5.41, 5.74) is 1.22. The zero-order valence-electron chi connectivity index (χ0n) is 11.3. The Balaban J connectivity index is 1.85. The maximum absolute atomic E-state index is 9.42. The summed E-state index contributed by atoms with van der Waals surface area (Å²) in [4.78, 5) is 0. The van der Waals surface area contributed by atoms with E-state index in [0.717, 1.165) is 24.4 Å². The molecular weight excluding hydrogens is 238 g/mol. The number of aliphatic hydroxyl groups is 1. The molecular formula is C16H21NO2. The van der Waals surface area contributed by atoms with Crippen molar-refractivity contribution in [3.05, 3.63) is 59.5 Å². The van der Waals surface area contributed by atoms with E-state index in [9.17, 15) is 5.11 Å². The molecule has 0 aliphatic carbocycles. The van der Waals surface area contributed by atoms with Crippen molar-refractivity contribution in [1.82, 2.24) is 5.32 Å². The molecule has 0 aliphatic rings. The van der Waals surface area contributed by atoms with Crippen LogP contribution in [-0.4, -0.2) is 17.8 Å². The Bertz CT molecular complexity index is 479. The topological polar surface area (TPSA) is 45.4 Å². The zero-order valence-corrected chi connectivity index (χ0v) is 11.3. The van der Waals surface area contributed by atoms with Gasteiger partial charge in [0.2, 0.25) is 0 Å². The summed E-state index contributed by atoms with van der Waals surface area (Å²) < 4.78 is 5.63. The highest BCUT2D eigenvalue weighted by molar-refractivity contribution is 5.16.